The van der Waals surface area contributed by atoms with E-state index in [4.69, 9.17) is 4.74 Å². The molecule has 152 valence electrons. The molecule has 0 bridgehead atoms. The summed E-state index contributed by atoms with van der Waals surface area (Å²) in [7, 11) is 1.66. The third kappa shape index (κ3) is 4.14. The molecule has 2 amide bonds. The fourth-order valence-electron chi connectivity index (χ4n) is 4.42. The third-order valence-electron chi connectivity index (χ3n) is 5.99. The van der Waals surface area contributed by atoms with Crippen LogP contribution in [0.4, 0.5) is 5.69 Å². The van der Waals surface area contributed by atoms with Crippen LogP contribution in [0, 0.1) is 0 Å². The number of amides is 2. The normalized spacial score (nSPS) is 19.9. The predicted octanol–water partition coefficient (Wildman–Crippen LogP) is 4.58. The zero-order valence-corrected chi connectivity index (χ0v) is 17.0. The standard InChI is InChI=1S/C24H28N2O3/c1-29-21-13-11-18(12-14-21)22-9-3-2-4-15-26(22)24(28)19-7-5-8-20(17-19)25-16-6-10-23(25)27/h5,7-8,11-14,17,22H,2-4,6,9-10,15-16H2,1H3. The molecule has 0 radical (unpaired) electrons. The lowest BCUT2D eigenvalue weighted by molar-refractivity contribution is -0.117. The number of methoxy groups -OCH3 is 1. The maximum Gasteiger partial charge on any atom is 0.254 e. The van der Waals surface area contributed by atoms with Crippen molar-refractivity contribution in [2.24, 2.45) is 0 Å². The van der Waals surface area contributed by atoms with Crippen molar-refractivity contribution in [3.63, 3.8) is 0 Å². The van der Waals surface area contributed by atoms with Crippen LogP contribution in [-0.4, -0.2) is 36.9 Å². The molecule has 2 heterocycles. The Bertz CT molecular complexity index is 878. The highest BCUT2D eigenvalue weighted by Gasteiger charge is 2.28. The van der Waals surface area contributed by atoms with Crippen LogP contribution in [0.2, 0.25) is 0 Å². The quantitative estimate of drug-likeness (QED) is 0.765. The molecule has 2 aliphatic rings. The first-order valence-corrected chi connectivity index (χ1v) is 10.5. The summed E-state index contributed by atoms with van der Waals surface area (Å²) < 4.78 is 5.28. The van der Waals surface area contributed by atoms with E-state index in [0.29, 0.717) is 12.0 Å². The van der Waals surface area contributed by atoms with Gasteiger partial charge in [-0.05, 0) is 55.2 Å². The Morgan fingerprint density at radius 2 is 1.83 bits per heavy atom. The molecule has 29 heavy (non-hydrogen) atoms. The maximum atomic E-state index is 13.5. The highest BCUT2D eigenvalue weighted by Crippen LogP contribution is 2.33. The van der Waals surface area contributed by atoms with Crippen LogP contribution in [0.1, 0.15) is 60.5 Å². The number of likely N-dealkylation sites (tertiary alicyclic amines) is 1. The largest absolute Gasteiger partial charge is 0.497 e. The van der Waals surface area contributed by atoms with Gasteiger partial charge in [0.15, 0.2) is 0 Å². The molecule has 4 rings (SSSR count). The average Bonchev–Trinajstić information content (AvgIpc) is 3.05. The van der Waals surface area contributed by atoms with Gasteiger partial charge in [-0.15, -0.1) is 0 Å². The minimum atomic E-state index is 0.0428. The Hall–Kier alpha value is -2.82. The molecule has 2 aromatic carbocycles. The molecule has 0 N–H and O–H groups in total. The van der Waals surface area contributed by atoms with E-state index in [0.717, 1.165) is 62.2 Å². The highest BCUT2D eigenvalue weighted by molar-refractivity contribution is 5.99. The Labute approximate surface area is 172 Å². The number of anilines is 1. The second-order valence-electron chi connectivity index (χ2n) is 7.84. The fraction of sp³-hybridized carbons (Fsp3) is 0.417. The van der Waals surface area contributed by atoms with Crippen molar-refractivity contribution in [2.45, 2.75) is 44.6 Å². The number of nitrogens with zero attached hydrogens (tertiary/aromatic N) is 2. The Kier molecular flexibility index (Phi) is 5.84. The first kappa shape index (κ1) is 19.5. The molecular formula is C24H28N2O3. The van der Waals surface area contributed by atoms with Gasteiger partial charge in [0.05, 0.1) is 13.2 Å². The van der Waals surface area contributed by atoms with Crippen LogP contribution >= 0.6 is 0 Å². The first-order valence-electron chi connectivity index (χ1n) is 10.5. The van der Waals surface area contributed by atoms with Crippen molar-refractivity contribution in [1.29, 1.82) is 0 Å². The zero-order chi connectivity index (χ0) is 20.2. The predicted molar refractivity (Wildman–Crippen MR) is 113 cm³/mol. The maximum absolute atomic E-state index is 13.5. The number of ether oxygens (including phenoxy) is 1. The number of rotatable bonds is 4. The van der Waals surface area contributed by atoms with Crippen molar-refractivity contribution >= 4 is 17.5 Å². The van der Waals surface area contributed by atoms with E-state index < -0.39 is 0 Å². The van der Waals surface area contributed by atoms with Crippen LogP contribution in [0.5, 0.6) is 5.75 Å². The zero-order valence-electron chi connectivity index (χ0n) is 17.0. The number of hydrogen-bond donors (Lipinski definition) is 0. The Balaban J connectivity index is 1.61. The summed E-state index contributed by atoms with van der Waals surface area (Å²) in [6.07, 6.45) is 5.69. The molecule has 2 fully saturated rings. The summed E-state index contributed by atoms with van der Waals surface area (Å²) in [5.41, 5.74) is 2.63. The summed E-state index contributed by atoms with van der Waals surface area (Å²) in [4.78, 5) is 29.4. The smallest absolute Gasteiger partial charge is 0.254 e. The molecule has 0 aliphatic carbocycles. The summed E-state index contributed by atoms with van der Waals surface area (Å²) in [6, 6.07) is 15.7. The lowest BCUT2D eigenvalue weighted by atomic mass is 9.99. The van der Waals surface area contributed by atoms with E-state index in [1.165, 1.54) is 0 Å². The summed E-state index contributed by atoms with van der Waals surface area (Å²) in [5.74, 6) is 1.00. The van der Waals surface area contributed by atoms with Gasteiger partial charge in [-0.3, -0.25) is 9.59 Å². The van der Waals surface area contributed by atoms with E-state index in [1.807, 2.05) is 41.3 Å². The molecule has 2 aliphatic heterocycles. The van der Waals surface area contributed by atoms with Gasteiger partial charge in [-0.2, -0.15) is 0 Å². The van der Waals surface area contributed by atoms with Crippen LogP contribution in [0.15, 0.2) is 48.5 Å². The van der Waals surface area contributed by atoms with E-state index in [9.17, 15) is 9.59 Å². The van der Waals surface area contributed by atoms with Crippen molar-refractivity contribution in [3.8, 4) is 5.75 Å². The third-order valence-corrected chi connectivity index (χ3v) is 5.99. The fourth-order valence-corrected chi connectivity index (χ4v) is 4.42. The van der Waals surface area contributed by atoms with Crippen LogP contribution in [0.25, 0.3) is 0 Å². The minimum Gasteiger partial charge on any atom is -0.497 e. The van der Waals surface area contributed by atoms with Crippen LogP contribution in [0.3, 0.4) is 0 Å². The van der Waals surface area contributed by atoms with Gasteiger partial charge in [-0.1, -0.05) is 31.0 Å². The molecular weight excluding hydrogens is 364 g/mol. The van der Waals surface area contributed by atoms with Gasteiger partial charge < -0.3 is 14.5 Å². The van der Waals surface area contributed by atoms with Crippen molar-refractivity contribution in [1.82, 2.24) is 4.90 Å². The van der Waals surface area contributed by atoms with E-state index >= 15 is 0 Å². The number of carbonyl (C=O) groups excluding carboxylic acids is 2. The number of carbonyl (C=O) groups is 2. The van der Waals surface area contributed by atoms with E-state index in [-0.39, 0.29) is 17.9 Å². The van der Waals surface area contributed by atoms with Crippen molar-refractivity contribution in [3.05, 3.63) is 59.7 Å². The summed E-state index contributed by atoms with van der Waals surface area (Å²) >= 11 is 0. The lowest BCUT2D eigenvalue weighted by Crippen LogP contribution is -2.35. The Morgan fingerprint density at radius 1 is 1.00 bits per heavy atom. The minimum absolute atomic E-state index is 0.0428. The summed E-state index contributed by atoms with van der Waals surface area (Å²) in [6.45, 7) is 1.48. The van der Waals surface area contributed by atoms with Gasteiger partial charge in [0.1, 0.15) is 5.75 Å². The van der Waals surface area contributed by atoms with Crippen LogP contribution in [-0.2, 0) is 4.79 Å². The topological polar surface area (TPSA) is 49.9 Å². The monoisotopic (exact) mass is 392 g/mol. The van der Waals surface area contributed by atoms with Crippen molar-refractivity contribution in [2.75, 3.05) is 25.1 Å². The molecule has 5 heteroatoms. The number of hydrogen-bond acceptors (Lipinski definition) is 3. The molecule has 5 nitrogen and oxygen atoms in total. The van der Waals surface area contributed by atoms with Gasteiger partial charge in [0, 0.05) is 30.8 Å². The highest BCUT2D eigenvalue weighted by atomic mass is 16.5. The van der Waals surface area contributed by atoms with Gasteiger partial charge in [-0.25, -0.2) is 0 Å². The van der Waals surface area contributed by atoms with Crippen molar-refractivity contribution < 1.29 is 14.3 Å². The number of benzene rings is 2. The molecule has 1 unspecified atom stereocenters. The van der Waals surface area contributed by atoms with E-state index in [2.05, 4.69) is 12.1 Å². The van der Waals surface area contributed by atoms with Crippen LogP contribution < -0.4 is 9.64 Å². The molecule has 0 aromatic heterocycles. The van der Waals surface area contributed by atoms with Gasteiger partial charge in [0.25, 0.3) is 5.91 Å². The first-order chi connectivity index (χ1) is 14.2. The molecule has 2 saturated heterocycles. The second-order valence-corrected chi connectivity index (χ2v) is 7.84. The second kappa shape index (κ2) is 8.68. The average molecular weight is 392 g/mol. The molecule has 2 aromatic rings. The molecule has 0 spiro atoms. The van der Waals surface area contributed by atoms with Gasteiger partial charge in [0.2, 0.25) is 5.91 Å². The molecule has 0 saturated carbocycles. The lowest BCUT2D eigenvalue weighted by Gasteiger charge is -2.31. The summed E-state index contributed by atoms with van der Waals surface area (Å²) in [5, 5.41) is 0. The molecule has 1 atom stereocenters. The van der Waals surface area contributed by atoms with Gasteiger partial charge >= 0.3 is 0 Å². The Morgan fingerprint density at radius 3 is 2.55 bits per heavy atom. The van der Waals surface area contributed by atoms with E-state index in [1.54, 1.807) is 12.0 Å². The SMILES string of the molecule is COc1ccc(C2CCCCCN2C(=O)c2cccc(N3CCCC3=O)c2)cc1.